The quantitative estimate of drug-likeness (QED) is 0.816. The Hall–Kier alpha value is -2.23. The van der Waals surface area contributed by atoms with Crippen LogP contribution in [-0.2, 0) is 27.7 Å². The van der Waals surface area contributed by atoms with E-state index in [1.165, 1.54) is 0 Å². The van der Waals surface area contributed by atoms with Gasteiger partial charge in [-0.25, -0.2) is 13.1 Å². The lowest BCUT2D eigenvalue weighted by atomic mass is 9.99. The first-order valence-corrected chi connectivity index (χ1v) is 10.0. The lowest BCUT2D eigenvalue weighted by Crippen LogP contribution is -2.37. The maximum atomic E-state index is 12.6. The van der Waals surface area contributed by atoms with Gasteiger partial charge in [0.2, 0.25) is 10.0 Å². The van der Waals surface area contributed by atoms with Crippen LogP contribution in [0.2, 0.25) is 0 Å². The molecule has 1 atom stereocenters. The van der Waals surface area contributed by atoms with Gasteiger partial charge in [0.25, 0.3) is 5.91 Å². The van der Waals surface area contributed by atoms with E-state index in [4.69, 9.17) is 4.74 Å². The maximum Gasteiger partial charge on any atom is 0.272 e. The number of ether oxygens (including phenoxy) is 1. The molecule has 2 aliphatic rings. The highest BCUT2D eigenvalue weighted by Gasteiger charge is 2.26. The zero-order valence-corrected chi connectivity index (χ0v) is 15.0. The van der Waals surface area contributed by atoms with Gasteiger partial charge in [0.15, 0.2) is 0 Å². The summed E-state index contributed by atoms with van der Waals surface area (Å²) >= 11 is 0. The molecule has 2 N–H and O–H groups in total. The van der Waals surface area contributed by atoms with Crippen LogP contribution in [0.25, 0.3) is 0 Å². The number of aromatic amines is 1. The Morgan fingerprint density at radius 1 is 1.31 bits per heavy atom. The molecule has 1 aromatic carbocycles. The number of nitrogens with one attached hydrogen (secondary N) is 2. The molecule has 0 radical (unpaired) electrons. The lowest BCUT2D eigenvalue weighted by molar-refractivity contribution is 0.0728. The van der Waals surface area contributed by atoms with Crippen LogP contribution in [0.4, 0.5) is 0 Å². The van der Waals surface area contributed by atoms with E-state index in [-0.39, 0.29) is 16.8 Å². The number of nitrogens with zero attached hydrogens (tertiary/aromatic N) is 2. The van der Waals surface area contributed by atoms with Crippen LogP contribution in [0.3, 0.4) is 0 Å². The summed E-state index contributed by atoms with van der Waals surface area (Å²) in [6.45, 7) is 1.99. The van der Waals surface area contributed by atoms with Crippen molar-refractivity contribution in [3.63, 3.8) is 0 Å². The van der Waals surface area contributed by atoms with E-state index in [0.29, 0.717) is 44.8 Å². The summed E-state index contributed by atoms with van der Waals surface area (Å²) in [5.41, 5.74) is 2.38. The number of amides is 1. The predicted molar refractivity (Wildman–Crippen MR) is 93.0 cm³/mol. The summed E-state index contributed by atoms with van der Waals surface area (Å²) in [5.74, 6) is -0.104. The van der Waals surface area contributed by atoms with E-state index in [1.54, 1.807) is 35.4 Å². The van der Waals surface area contributed by atoms with Crippen molar-refractivity contribution in [2.45, 2.75) is 30.3 Å². The van der Waals surface area contributed by atoms with E-state index in [1.807, 2.05) is 0 Å². The van der Waals surface area contributed by atoms with Crippen LogP contribution in [0.15, 0.2) is 35.4 Å². The van der Waals surface area contributed by atoms with Crippen LogP contribution in [-0.4, -0.2) is 55.2 Å². The average Bonchev–Trinajstić information content (AvgIpc) is 3.33. The van der Waals surface area contributed by atoms with Gasteiger partial charge in [-0.15, -0.1) is 0 Å². The van der Waals surface area contributed by atoms with Gasteiger partial charge in [-0.05, 0) is 42.2 Å². The van der Waals surface area contributed by atoms with E-state index in [2.05, 4.69) is 14.9 Å². The highest BCUT2D eigenvalue weighted by molar-refractivity contribution is 7.89. The third kappa shape index (κ3) is 3.37. The average molecular weight is 376 g/mol. The molecule has 1 saturated heterocycles. The largest absolute Gasteiger partial charge is 0.380 e. The molecule has 9 heteroatoms. The molecule has 2 aliphatic heterocycles. The molecule has 0 aliphatic carbocycles. The van der Waals surface area contributed by atoms with Crippen molar-refractivity contribution in [1.82, 2.24) is 19.8 Å². The maximum absolute atomic E-state index is 12.6. The predicted octanol–water partition coefficient (Wildman–Crippen LogP) is 0.675. The molecular formula is C17H20N4O4S. The van der Waals surface area contributed by atoms with Crippen molar-refractivity contribution in [3.8, 4) is 0 Å². The van der Waals surface area contributed by atoms with Crippen molar-refractivity contribution < 1.29 is 17.9 Å². The Bertz CT molecular complexity index is 905. The molecule has 3 heterocycles. The summed E-state index contributed by atoms with van der Waals surface area (Å²) in [5, 5.41) is 6.49. The van der Waals surface area contributed by atoms with Crippen molar-refractivity contribution in [1.29, 1.82) is 0 Å². The van der Waals surface area contributed by atoms with Crippen LogP contribution < -0.4 is 4.72 Å². The third-order valence-corrected chi connectivity index (χ3v) is 6.29. The monoisotopic (exact) mass is 376 g/mol. The minimum atomic E-state index is -3.57. The van der Waals surface area contributed by atoms with Gasteiger partial charge in [0, 0.05) is 31.9 Å². The van der Waals surface area contributed by atoms with Gasteiger partial charge >= 0.3 is 0 Å². The Morgan fingerprint density at radius 3 is 2.92 bits per heavy atom. The Morgan fingerprint density at radius 2 is 2.19 bits per heavy atom. The minimum absolute atomic E-state index is 0.104. The molecule has 2 aromatic rings. The fourth-order valence-electron chi connectivity index (χ4n) is 3.33. The number of H-pyrrole nitrogens is 1. The summed E-state index contributed by atoms with van der Waals surface area (Å²) in [4.78, 5) is 14.4. The molecule has 8 nitrogen and oxygen atoms in total. The summed E-state index contributed by atoms with van der Waals surface area (Å²) in [6, 6.07) is 6.58. The fraction of sp³-hybridized carbons (Fsp3) is 0.412. The zero-order valence-electron chi connectivity index (χ0n) is 14.1. The number of hydrogen-bond acceptors (Lipinski definition) is 5. The zero-order chi connectivity index (χ0) is 18.1. The number of rotatable bonds is 4. The molecule has 0 saturated carbocycles. The van der Waals surface area contributed by atoms with Crippen LogP contribution >= 0.6 is 0 Å². The molecular weight excluding hydrogens is 356 g/mol. The molecule has 0 unspecified atom stereocenters. The van der Waals surface area contributed by atoms with Gasteiger partial charge < -0.3 is 9.64 Å². The van der Waals surface area contributed by atoms with Gasteiger partial charge in [0.05, 0.1) is 11.5 Å². The second kappa shape index (κ2) is 6.82. The summed E-state index contributed by atoms with van der Waals surface area (Å²) in [7, 11) is -3.57. The van der Waals surface area contributed by atoms with Gasteiger partial charge in [0.1, 0.15) is 5.69 Å². The van der Waals surface area contributed by atoms with Gasteiger partial charge in [-0.3, -0.25) is 9.89 Å². The molecule has 138 valence electrons. The van der Waals surface area contributed by atoms with E-state index in [9.17, 15) is 13.2 Å². The van der Waals surface area contributed by atoms with Crippen LogP contribution in [0.1, 0.15) is 28.0 Å². The first-order valence-electron chi connectivity index (χ1n) is 8.53. The highest BCUT2D eigenvalue weighted by atomic mass is 32.2. The molecule has 1 fully saturated rings. The molecule has 26 heavy (non-hydrogen) atoms. The van der Waals surface area contributed by atoms with Crippen molar-refractivity contribution >= 4 is 15.9 Å². The van der Waals surface area contributed by atoms with Gasteiger partial charge in [-0.1, -0.05) is 6.07 Å². The van der Waals surface area contributed by atoms with Crippen molar-refractivity contribution in [3.05, 3.63) is 47.3 Å². The standard InChI is InChI=1S/C17H20N4O4S/c22-17(16-3-6-18-19-16)21-7-4-12-9-15(2-1-13(12)10-21)26(23,24)20-14-5-8-25-11-14/h1-3,6,9,14,20H,4-5,7-8,10-11H2,(H,18,19)/t14-/m1/s1. The SMILES string of the molecule is O=C(c1ccn[nH]1)N1CCc2cc(S(=O)(=O)N[C@@H]3CCOC3)ccc2C1. The van der Waals surface area contributed by atoms with E-state index < -0.39 is 10.0 Å². The normalized spacial score (nSPS) is 20.2. The van der Waals surface area contributed by atoms with Crippen molar-refractivity contribution in [2.75, 3.05) is 19.8 Å². The first-order chi connectivity index (χ1) is 12.5. The molecule has 4 rings (SSSR count). The van der Waals surface area contributed by atoms with Crippen LogP contribution in [0, 0.1) is 0 Å². The smallest absolute Gasteiger partial charge is 0.272 e. The van der Waals surface area contributed by atoms with E-state index >= 15 is 0 Å². The Labute approximate surface area is 151 Å². The molecule has 0 bridgehead atoms. The third-order valence-electron chi connectivity index (χ3n) is 4.77. The number of fused-ring (bicyclic) bond motifs is 1. The molecule has 1 aromatic heterocycles. The number of hydrogen-bond donors (Lipinski definition) is 2. The Kier molecular flexibility index (Phi) is 4.51. The summed E-state index contributed by atoms with van der Waals surface area (Å²) in [6.07, 6.45) is 2.85. The second-order valence-corrected chi connectivity index (χ2v) is 8.27. The second-order valence-electron chi connectivity index (χ2n) is 6.56. The minimum Gasteiger partial charge on any atom is -0.380 e. The number of carbonyl (C=O) groups excluding carboxylic acids is 1. The van der Waals surface area contributed by atoms with E-state index in [0.717, 1.165) is 11.1 Å². The van der Waals surface area contributed by atoms with Crippen molar-refractivity contribution in [2.24, 2.45) is 0 Å². The molecule has 0 spiro atoms. The number of aromatic nitrogens is 2. The van der Waals surface area contributed by atoms with Gasteiger partial charge in [-0.2, -0.15) is 5.10 Å². The highest BCUT2D eigenvalue weighted by Crippen LogP contribution is 2.24. The summed E-state index contributed by atoms with van der Waals surface area (Å²) < 4.78 is 33.0. The lowest BCUT2D eigenvalue weighted by Gasteiger charge is -2.28. The number of sulfonamides is 1. The number of benzene rings is 1. The number of carbonyl (C=O) groups is 1. The fourth-order valence-corrected chi connectivity index (χ4v) is 4.64. The Balaban J connectivity index is 1.51. The van der Waals surface area contributed by atoms with Crippen LogP contribution in [0.5, 0.6) is 0 Å². The molecule has 1 amide bonds. The topological polar surface area (TPSA) is 104 Å². The first kappa shape index (κ1) is 17.2.